The van der Waals surface area contributed by atoms with Crippen molar-refractivity contribution in [2.75, 3.05) is 39.5 Å². The molecule has 0 saturated carbocycles. The van der Waals surface area contributed by atoms with Crippen LogP contribution >= 0.6 is 0 Å². The zero-order valence-electron chi connectivity index (χ0n) is 11.5. The smallest absolute Gasteiger partial charge is 0.251 e. The number of nitrogens with one attached hydrogen (secondary N) is 1. The van der Waals surface area contributed by atoms with Gasteiger partial charge in [-0.05, 0) is 12.8 Å². The molecule has 8 heteroatoms. The summed E-state index contributed by atoms with van der Waals surface area (Å²) in [4.78, 5) is 14.1. The molecule has 0 spiro atoms. The maximum Gasteiger partial charge on any atom is 0.251 e. The fraction of sp³-hybridized carbons (Fsp3) is 0.833. The molecule has 0 aliphatic carbocycles. The lowest BCUT2D eigenvalue weighted by atomic mass is 10.0. The van der Waals surface area contributed by atoms with Crippen LogP contribution in [0.5, 0.6) is 0 Å². The van der Waals surface area contributed by atoms with Gasteiger partial charge in [0.25, 0.3) is 5.91 Å². The second-order valence-corrected chi connectivity index (χ2v) is 5.08. The summed E-state index contributed by atoms with van der Waals surface area (Å²) in [5.74, 6) is 0.111. The number of hydrogen-bond donors (Lipinski definition) is 3. The van der Waals surface area contributed by atoms with Crippen molar-refractivity contribution < 1.29 is 19.5 Å². The number of amides is 1. The molecule has 0 aromatic rings. The number of oxime groups is 1. The number of ether oxygens (including phenoxy) is 2. The highest BCUT2D eigenvalue weighted by molar-refractivity contribution is 5.82. The van der Waals surface area contributed by atoms with E-state index < -0.39 is 6.10 Å². The lowest BCUT2D eigenvalue weighted by Gasteiger charge is -2.33. The average Bonchev–Trinajstić information content (AvgIpc) is 2.50. The van der Waals surface area contributed by atoms with Gasteiger partial charge in [0.15, 0.2) is 11.9 Å². The predicted molar refractivity (Wildman–Crippen MR) is 71.6 cm³/mol. The Hall–Kier alpha value is -1.38. The molecular weight excluding hydrogens is 264 g/mol. The van der Waals surface area contributed by atoms with Crippen LogP contribution in [0.1, 0.15) is 12.8 Å². The first-order valence-corrected chi connectivity index (χ1v) is 6.87. The predicted octanol–water partition coefficient (Wildman–Crippen LogP) is -1.27. The number of piperidine rings is 1. The van der Waals surface area contributed by atoms with E-state index in [9.17, 15) is 4.79 Å². The molecule has 2 heterocycles. The number of carbonyl (C=O) groups is 1. The second-order valence-electron chi connectivity index (χ2n) is 5.08. The van der Waals surface area contributed by atoms with Crippen LogP contribution in [-0.2, 0) is 14.3 Å². The number of likely N-dealkylation sites (tertiary alicyclic amines) is 1. The first-order chi connectivity index (χ1) is 9.69. The van der Waals surface area contributed by atoms with E-state index >= 15 is 0 Å². The van der Waals surface area contributed by atoms with Crippen LogP contribution in [0.3, 0.4) is 0 Å². The van der Waals surface area contributed by atoms with E-state index in [-0.39, 0.29) is 17.8 Å². The minimum Gasteiger partial charge on any atom is -0.409 e. The third-order valence-corrected chi connectivity index (χ3v) is 3.56. The van der Waals surface area contributed by atoms with Gasteiger partial charge in [0.05, 0.1) is 26.4 Å². The van der Waals surface area contributed by atoms with Gasteiger partial charge in [-0.1, -0.05) is 5.16 Å². The summed E-state index contributed by atoms with van der Waals surface area (Å²) in [6, 6.07) is 0.150. The van der Waals surface area contributed by atoms with Crippen molar-refractivity contribution in [2.24, 2.45) is 10.9 Å². The van der Waals surface area contributed by atoms with Crippen molar-refractivity contribution in [3.05, 3.63) is 0 Å². The largest absolute Gasteiger partial charge is 0.409 e. The molecule has 2 saturated heterocycles. The Bertz CT molecular complexity index is 349. The van der Waals surface area contributed by atoms with Crippen LogP contribution in [-0.4, -0.2) is 73.5 Å². The third-order valence-electron chi connectivity index (χ3n) is 3.56. The molecule has 1 amide bonds. The van der Waals surface area contributed by atoms with Crippen LogP contribution in [0, 0.1) is 0 Å². The highest BCUT2D eigenvalue weighted by atomic mass is 16.6. The third kappa shape index (κ3) is 4.32. The molecule has 4 N–H and O–H groups in total. The normalized spacial score (nSPS) is 26.4. The monoisotopic (exact) mass is 286 g/mol. The van der Waals surface area contributed by atoms with Crippen LogP contribution in [0.15, 0.2) is 5.16 Å². The van der Waals surface area contributed by atoms with Gasteiger partial charge in [-0.25, -0.2) is 0 Å². The molecule has 114 valence electrons. The highest BCUT2D eigenvalue weighted by Gasteiger charge is 2.27. The highest BCUT2D eigenvalue weighted by Crippen LogP contribution is 2.11. The molecule has 0 bridgehead atoms. The van der Waals surface area contributed by atoms with Crippen LogP contribution in [0.2, 0.25) is 0 Å². The Kier molecular flexibility index (Phi) is 5.57. The van der Waals surface area contributed by atoms with Gasteiger partial charge in [0, 0.05) is 19.1 Å². The van der Waals surface area contributed by atoms with Crippen LogP contribution in [0.4, 0.5) is 0 Å². The van der Waals surface area contributed by atoms with Gasteiger partial charge in [-0.3, -0.25) is 9.69 Å². The van der Waals surface area contributed by atoms with Crippen molar-refractivity contribution in [3.63, 3.8) is 0 Å². The fourth-order valence-electron chi connectivity index (χ4n) is 2.43. The number of amidine groups is 1. The summed E-state index contributed by atoms with van der Waals surface area (Å²) >= 11 is 0. The van der Waals surface area contributed by atoms with Crippen LogP contribution in [0.25, 0.3) is 0 Å². The SMILES string of the molecule is NC(CN1CCC(NC(=O)C2COCCO2)CC1)=NO. The second kappa shape index (κ2) is 7.41. The summed E-state index contributed by atoms with van der Waals surface area (Å²) in [5.41, 5.74) is 5.47. The summed E-state index contributed by atoms with van der Waals surface area (Å²) in [6.07, 6.45) is 1.20. The molecule has 2 aliphatic heterocycles. The molecule has 0 aromatic carbocycles. The van der Waals surface area contributed by atoms with Crippen molar-refractivity contribution in [1.82, 2.24) is 10.2 Å². The maximum absolute atomic E-state index is 12.0. The van der Waals surface area contributed by atoms with E-state index in [1.54, 1.807) is 0 Å². The molecule has 2 rings (SSSR count). The van der Waals surface area contributed by atoms with Gasteiger partial charge in [-0.2, -0.15) is 0 Å². The molecule has 2 fully saturated rings. The van der Waals surface area contributed by atoms with Gasteiger partial charge >= 0.3 is 0 Å². The molecule has 0 radical (unpaired) electrons. The van der Waals surface area contributed by atoms with E-state index in [1.165, 1.54) is 0 Å². The van der Waals surface area contributed by atoms with Gasteiger partial charge < -0.3 is 25.7 Å². The zero-order chi connectivity index (χ0) is 14.4. The Morgan fingerprint density at radius 2 is 2.15 bits per heavy atom. The van der Waals surface area contributed by atoms with Gasteiger partial charge in [0.2, 0.25) is 0 Å². The molecule has 1 atom stereocenters. The summed E-state index contributed by atoms with van der Waals surface area (Å²) < 4.78 is 10.6. The Morgan fingerprint density at radius 3 is 2.75 bits per heavy atom. The van der Waals surface area contributed by atoms with Gasteiger partial charge in [-0.15, -0.1) is 0 Å². The fourth-order valence-corrected chi connectivity index (χ4v) is 2.43. The Labute approximate surface area is 117 Å². The maximum atomic E-state index is 12.0. The molecular formula is C12H22N4O4. The lowest BCUT2D eigenvalue weighted by molar-refractivity contribution is -0.148. The Morgan fingerprint density at radius 1 is 1.40 bits per heavy atom. The van der Waals surface area contributed by atoms with E-state index in [4.69, 9.17) is 20.4 Å². The minimum absolute atomic E-state index is 0.0976. The van der Waals surface area contributed by atoms with Crippen molar-refractivity contribution in [1.29, 1.82) is 0 Å². The number of carbonyl (C=O) groups excluding carboxylic acids is 1. The van der Waals surface area contributed by atoms with Crippen molar-refractivity contribution in [2.45, 2.75) is 25.0 Å². The van der Waals surface area contributed by atoms with Crippen molar-refractivity contribution >= 4 is 11.7 Å². The topological polar surface area (TPSA) is 109 Å². The summed E-state index contributed by atoms with van der Waals surface area (Å²) in [6.45, 7) is 3.42. The minimum atomic E-state index is -0.487. The summed E-state index contributed by atoms with van der Waals surface area (Å²) in [7, 11) is 0. The standard InChI is InChI=1S/C12H22N4O4/c13-11(15-18)7-16-3-1-9(2-4-16)14-12(17)10-8-19-5-6-20-10/h9-10,18H,1-8H2,(H2,13,15)(H,14,17). The average molecular weight is 286 g/mol. The number of rotatable bonds is 4. The molecule has 20 heavy (non-hydrogen) atoms. The molecule has 1 unspecified atom stereocenters. The van der Waals surface area contributed by atoms with Crippen LogP contribution < -0.4 is 11.1 Å². The van der Waals surface area contributed by atoms with E-state index in [0.29, 0.717) is 26.4 Å². The number of hydrogen-bond acceptors (Lipinski definition) is 6. The summed E-state index contributed by atoms with van der Waals surface area (Å²) in [5, 5.41) is 14.5. The van der Waals surface area contributed by atoms with Gasteiger partial charge in [0.1, 0.15) is 0 Å². The molecule has 8 nitrogen and oxygen atoms in total. The number of nitrogens with zero attached hydrogens (tertiary/aromatic N) is 2. The van der Waals surface area contributed by atoms with E-state index in [2.05, 4.69) is 15.4 Å². The molecule has 0 aromatic heterocycles. The Balaban J connectivity index is 1.69. The van der Waals surface area contributed by atoms with E-state index in [1.807, 2.05) is 0 Å². The first kappa shape index (κ1) is 15.0. The molecule has 2 aliphatic rings. The quantitative estimate of drug-likeness (QED) is 0.257. The number of nitrogens with two attached hydrogens (primary N) is 1. The lowest BCUT2D eigenvalue weighted by Crippen LogP contribution is -2.51. The first-order valence-electron chi connectivity index (χ1n) is 6.87. The van der Waals surface area contributed by atoms with Crippen molar-refractivity contribution in [3.8, 4) is 0 Å². The van der Waals surface area contributed by atoms with E-state index in [0.717, 1.165) is 25.9 Å². The zero-order valence-corrected chi connectivity index (χ0v) is 11.5.